The Labute approximate surface area is 163 Å². The molecule has 1 N–H and O–H groups in total. The molecule has 2 rings (SSSR count). The summed E-state index contributed by atoms with van der Waals surface area (Å²) in [7, 11) is 3.95. The zero-order valence-corrected chi connectivity index (χ0v) is 18.0. The Morgan fingerprint density at radius 3 is 2.58 bits per heavy atom. The van der Waals surface area contributed by atoms with Gasteiger partial charge in [-0.3, -0.25) is 4.99 Å². The fraction of sp³-hybridized carbons (Fsp3) is 0.778. The quantitative estimate of drug-likeness (QED) is 0.416. The second-order valence-electron chi connectivity index (χ2n) is 7.28. The highest BCUT2D eigenvalue weighted by Gasteiger charge is 2.20. The van der Waals surface area contributed by atoms with Crippen LogP contribution >= 0.6 is 24.0 Å². The van der Waals surface area contributed by atoms with Gasteiger partial charge in [-0.2, -0.15) is 0 Å². The van der Waals surface area contributed by atoms with E-state index in [4.69, 9.17) is 4.52 Å². The van der Waals surface area contributed by atoms with Crippen molar-refractivity contribution in [1.29, 1.82) is 0 Å². The van der Waals surface area contributed by atoms with Gasteiger partial charge in [-0.15, -0.1) is 24.0 Å². The van der Waals surface area contributed by atoms with Crippen LogP contribution in [-0.2, 0) is 6.54 Å². The molecule has 1 aromatic rings. The molecule has 5 nitrogen and oxygen atoms in total. The van der Waals surface area contributed by atoms with Crippen LogP contribution in [-0.4, -0.2) is 36.7 Å². The number of nitrogens with zero attached hydrogens (tertiary/aromatic N) is 3. The van der Waals surface area contributed by atoms with Crippen molar-refractivity contribution in [2.75, 3.05) is 20.6 Å². The molecule has 6 heteroatoms. The number of nitrogens with one attached hydrogen (secondary N) is 1. The molecular formula is C18H33IN4O. The van der Waals surface area contributed by atoms with Gasteiger partial charge in [0, 0.05) is 26.7 Å². The summed E-state index contributed by atoms with van der Waals surface area (Å²) in [5.41, 5.74) is 1.00. The van der Waals surface area contributed by atoms with E-state index < -0.39 is 0 Å². The Balaban J connectivity index is 0.00000288. The van der Waals surface area contributed by atoms with Gasteiger partial charge in [-0.05, 0) is 30.6 Å². The first-order valence-electron chi connectivity index (χ1n) is 8.86. The summed E-state index contributed by atoms with van der Waals surface area (Å²) in [6, 6.07) is 2.02. The van der Waals surface area contributed by atoms with E-state index in [0.717, 1.165) is 35.8 Å². The fourth-order valence-electron chi connectivity index (χ4n) is 3.22. The average Bonchev–Trinajstić information content (AvgIpc) is 2.99. The predicted octanol–water partition coefficient (Wildman–Crippen LogP) is 4.25. The van der Waals surface area contributed by atoms with Gasteiger partial charge in [0.15, 0.2) is 11.7 Å². The first-order valence-corrected chi connectivity index (χ1v) is 8.86. The second-order valence-corrected chi connectivity index (χ2v) is 7.28. The minimum atomic E-state index is 0. The number of hydrogen-bond donors (Lipinski definition) is 1. The summed E-state index contributed by atoms with van der Waals surface area (Å²) in [5.74, 6) is 3.85. The Kier molecular flexibility index (Phi) is 9.08. The van der Waals surface area contributed by atoms with Crippen LogP contribution in [0.4, 0.5) is 0 Å². The van der Waals surface area contributed by atoms with E-state index in [0.29, 0.717) is 12.5 Å². The van der Waals surface area contributed by atoms with Crippen LogP contribution in [0.15, 0.2) is 15.6 Å². The maximum Gasteiger partial charge on any atom is 0.193 e. The van der Waals surface area contributed by atoms with Crippen molar-refractivity contribution in [2.24, 2.45) is 16.8 Å². The monoisotopic (exact) mass is 448 g/mol. The van der Waals surface area contributed by atoms with Crippen molar-refractivity contribution in [3.8, 4) is 0 Å². The van der Waals surface area contributed by atoms with E-state index >= 15 is 0 Å². The number of halogens is 1. The lowest BCUT2D eigenvalue weighted by molar-refractivity contribution is 0.249. The molecule has 138 valence electrons. The molecule has 24 heavy (non-hydrogen) atoms. The summed E-state index contributed by atoms with van der Waals surface area (Å²) in [6.07, 6.45) is 5.39. The molecule has 0 atom stereocenters. The van der Waals surface area contributed by atoms with Crippen molar-refractivity contribution in [3.05, 3.63) is 17.5 Å². The van der Waals surface area contributed by atoms with Gasteiger partial charge < -0.3 is 14.7 Å². The molecule has 0 unspecified atom stereocenters. The lowest BCUT2D eigenvalue weighted by Gasteiger charge is -2.31. The van der Waals surface area contributed by atoms with Gasteiger partial charge in [0.05, 0.1) is 12.2 Å². The molecule has 1 heterocycles. The lowest BCUT2D eigenvalue weighted by atomic mass is 9.83. The van der Waals surface area contributed by atoms with Crippen molar-refractivity contribution in [2.45, 2.75) is 58.9 Å². The highest BCUT2D eigenvalue weighted by molar-refractivity contribution is 14.0. The molecule has 0 amide bonds. The van der Waals surface area contributed by atoms with Crippen LogP contribution < -0.4 is 5.32 Å². The third-order valence-corrected chi connectivity index (χ3v) is 4.83. The molecule has 1 fully saturated rings. The molecule has 0 saturated heterocycles. The van der Waals surface area contributed by atoms with Crippen LogP contribution in [0.2, 0.25) is 0 Å². The van der Waals surface area contributed by atoms with Crippen LogP contribution in [0.5, 0.6) is 0 Å². The van der Waals surface area contributed by atoms with Gasteiger partial charge >= 0.3 is 0 Å². The van der Waals surface area contributed by atoms with Gasteiger partial charge in [0.2, 0.25) is 0 Å². The summed E-state index contributed by atoms with van der Waals surface area (Å²) < 4.78 is 5.38. The van der Waals surface area contributed by atoms with E-state index in [1.54, 1.807) is 0 Å². The van der Waals surface area contributed by atoms with Crippen LogP contribution in [0, 0.1) is 11.8 Å². The van der Waals surface area contributed by atoms with Gasteiger partial charge in [-0.1, -0.05) is 38.8 Å². The van der Waals surface area contributed by atoms with Gasteiger partial charge in [0.1, 0.15) is 0 Å². The van der Waals surface area contributed by atoms with Crippen LogP contribution in [0.3, 0.4) is 0 Å². The summed E-state index contributed by atoms with van der Waals surface area (Å²) in [6.45, 7) is 8.29. The van der Waals surface area contributed by atoms with Crippen molar-refractivity contribution >= 4 is 29.9 Å². The van der Waals surface area contributed by atoms with Crippen molar-refractivity contribution in [3.63, 3.8) is 0 Å². The maximum absolute atomic E-state index is 5.38. The zero-order valence-electron chi connectivity index (χ0n) is 15.7. The minimum absolute atomic E-state index is 0. The molecule has 0 aromatic carbocycles. The third kappa shape index (κ3) is 6.26. The molecule has 0 aliphatic heterocycles. The number of aliphatic imine (C=N–C) groups is 1. The number of hydrogen-bond acceptors (Lipinski definition) is 3. The molecule has 1 aliphatic rings. The molecule has 0 radical (unpaired) electrons. The van der Waals surface area contributed by atoms with E-state index in [1.807, 2.05) is 13.1 Å². The smallest absolute Gasteiger partial charge is 0.193 e. The first kappa shape index (κ1) is 21.3. The summed E-state index contributed by atoms with van der Waals surface area (Å²) in [4.78, 5) is 6.63. The number of guanidine groups is 1. The summed E-state index contributed by atoms with van der Waals surface area (Å²) >= 11 is 0. The SMILES string of the molecule is CN=C(NCc1cc(C(C)C)no1)N(C)CC1CCC(C)CC1.I. The molecule has 1 aliphatic carbocycles. The number of aromatic nitrogens is 1. The highest BCUT2D eigenvalue weighted by atomic mass is 127. The van der Waals surface area contributed by atoms with Crippen LogP contribution in [0.1, 0.15) is 63.8 Å². The molecular weight excluding hydrogens is 415 g/mol. The Bertz CT molecular complexity index is 507. The normalized spacial score (nSPS) is 21.5. The van der Waals surface area contributed by atoms with E-state index in [-0.39, 0.29) is 24.0 Å². The minimum Gasteiger partial charge on any atom is -0.359 e. The van der Waals surface area contributed by atoms with Crippen LogP contribution in [0.25, 0.3) is 0 Å². The lowest BCUT2D eigenvalue weighted by Crippen LogP contribution is -2.41. The standard InChI is InChI=1S/C18H32N4O.HI/c1-13(2)17-10-16(23-21-17)11-20-18(19-4)22(5)12-15-8-6-14(3)7-9-15;/h10,13-15H,6-9,11-12H2,1-5H3,(H,19,20);1H. The summed E-state index contributed by atoms with van der Waals surface area (Å²) in [5, 5.41) is 7.47. The van der Waals surface area contributed by atoms with E-state index in [2.05, 4.69) is 48.2 Å². The Morgan fingerprint density at radius 1 is 1.38 bits per heavy atom. The third-order valence-electron chi connectivity index (χ3n) is 4.83. The second kappa shape index (κ2) is 10.3. The van der Waals surface area contributed by atoms with Gasteiger partial charge in [0.25, 0.3) is 0 Å². The molecule has 1 saturated carbocycles. The van der Waals surface area contributed by atoms with E-state index in [1.165, 1.54) is 25.7 Å². The van der Waals surface area contributed by atoms with Crippen molar-refractivity contribution < 1.29 is 4.52 Å². The highest BCUT2D eigenvalue weighted by Crippen LogP contribution is 2.28. The largest absolute Gasteiger partial charge is 0.359 e. The zero-order chi connectivity index (χ0) is 16.8. The van der Waals surface area contributed by atoms with Gasteiger partial charge in [-0.25, -0.2) is 0 Å². The number of rotatable bonds is 5. The first-order chi connectivity index (χ1) is 11.0. The molecule has 0 bridgehead atoms. The Morgan fingerprint density at radius 2 is 2.04 bits per heavy atom. The fourth-order valence-corrected chi connectivity index (χ4v) is 3.22. The molecule has 0 spiro atoms. The maximum atomic E-state index is 5.38. The predicted molar refractivity (Wildman–Crippen MR) is 110 cm³/mol. The molecule has 1 aromatic heterocycles. The van der Waals surface area contributed by atoms with Crippen molar-refractivity contribution in [1.82, 2.24) is 15.4 Å². The Hall–Kier alpha value is -0.790. The van der Waals surface area contributed by atoms with E-state index in [9.17, 15) is 0 Å². The topological polar surface area (TPSA) is 53.7 Å². The average molecular weight is 448 g/mol.